The Kier molecular flexibility index (Phi) is 28.0. The minimum absolute atomic E-state index is 0.00968. The summed E-state index contributed by atoms with van der Waals surface area (Å²) in [7, 11) is 0. The van der Waals surface area contributed by atoms with Crippen LogP contribution in [0.1, 0.15) is 130 Å². The van der Waals surface area contributed by atoms with Gasteiger partial charge in [0.15, 0.2) is 0 Å². The first kappa shape index (κ1) is 67.8. The normalized spacial score (nSPS) is 25.4. The number of ether oxygens (including phenoxy) is 2. The molecule has 4 bridgehead atoms. The van der Waals surface area contributed by atoms with Crippen molar-refractivity contribution in [3.05, 3.63) is 71.8 Å². The average molecular weight is 1170 g/mol. The minimum atomic E-state index is -1.29. The van der Waals surface area contributed by atoms with E-state index in [-0.39, 0.29) is 101 Å². The van der Waals surface area contributed by atoms with Crippen LogP contribution in [0.5, 0.6) is 0 Å². The minimum Gasteiger partial charge on any atom is -0.361 e. The fourth-order valence-electron chi connectivity index (χ4n) is 10.4. The van der Waals surface area contributed by atoms with Crippen LogP contribution in [0.15, 0.2) is 60.7 Å². The van der Waals surface area contributed by atoms with Crippen LogP contribution in [0.4, 0.5) is 0 Å². The standard InChI is InChI=1S/C60H92N12O12/c1-7-51(73)65-39(23-15-17-25-61)55(77)67-41-31-47-59(81)71-45(29-37-19-11-9-12-20-37)57(79)70-44(28-36(5)6)54(76)64-34-50-42(68-56(78)40(24-16-18-26-62)66-52(74)8-2)32-48(84-50)60(82)72-46(30-38-21-13-10-14-22-38)58(80)69-43(27-35(3)4)53(75)63-33-49(41)83-47/h9-14,19-22,35-36,39-50H,7-8,15-18,23-34,61-62H2,1-6H3,(H,63,75)(H,64,76)(H,65,73)(H,66,74)(H,67,77)(H,68,78)(H,69,80)(H,70,79)(H,71,81)(H,72,82)/t39-,40-,41-,42-,43-,44-,45-,46-,47-,48-,49+,50+/m0/s1. The van der Waals surface area contributed by atoms with Crippen molar-refractivity contribution in [2.24, 2.45) is 23.3 Å². The number of fused-ring (bicyclic) bond motifs is 4. The predicted molar refractivity (Wildman–Crippen MR) is 314 cm³/mol. The number of benzene rings is 2. The molecule has 3 aliphatic rings. The summed E-state index contributed by atoms with van der Waals surface area (Å²) in [6, 6.07) is 9.22. The molecule has 84 heavy (non-hydrogen) atoms. The Morgan fingerprint density at radius 3 is 1.20 bits per heavy atom. The summed E-state index contributed by atoms with van der Waals surface area (Å²) in [4.78, 5) is 141. The third kappa shape index (κ3) is 21.9. The van der Waals surface area contributed by atoms with Gasteiger partial charge in [-0.3, -0.25) is 47.9 Å². The molecule has 0 radical (unpaired) electrons. The highest BCUT2D eigenvalue weighted by atomic mass is 16.5. The van der Waals surface area contributed by atoms with Crippen molar-refractivity contribution in [3.8, 4) is 0 Å². The third-order valence-corrected chi connectivity index (χ3v) is 15.1. The number of nitrogens with one attached hydrogen (secondary N) is 10. The summed E-state index contributed by atoms with van der Waals surface area (Å²) >= 11 is 0. The van der Waals surface area contributed by atoms with Crippen LogP contribution >= 0.6 is 0 Å². The lowest BCUT2D eigenvalue weighted by atomic mass is 10.00. The zero-order valence-corrected chi connectivity index (χ0v) is 49.6. The van der Waals surface area contributed by atoms with Crippen molar-refractivity contribution in [1.29, 1.82) is 0 Å². The highest BCUT2D eigenvalue weighted by Crippen LogP contribution is 2.24. The maximum atomic E-state index is 14.6. The lowest BCUT2D eigenvalue weighted by Crippen LogP contribution is -2.57. The van der Waals surface area contributed by atoms with Crippen LogP contribution in [0.3, 0.4) is 0 Å². The molecular weight excluding hydrogens is 1080 g/mol. The molecule has 3 saturated heterocycles. The van der Waals surface area contributed by atoms with Gasteiger partial charge in [-0.05, 0) is 87.4 Å². The van der Waals surface area contributed by atoms with Gasteiger partial charge < -0.3 is 74.1 Å². The summed E-state index contributed by atoms with van der Waals surface area (Å²) < 4.78 is 12.8. The van der Waals surface area contributed by atoms with Crippen molar-refractivity contribution in [2.75, 3.05) is 26.2 Å². The number of carbonyl (C=O) groups excluding carboxylic acids is 10. The van der Waals surface area contributed by atoms with Gasteiger partial charge >= 0.3 is 0 Å². The van der Waals surface area contributed by atoms with E-state index in [2.05, 4.69) is 53.2 Å². The Labute approximate surface area is 493 Å². The summed E-state index contributed by atoms with van der Waals surface area (Å²) in [5.74, 6) is -6.15. The molecule has 3 heterocycles. The predicted octanol–water partition coefficient (Wildman–Crippen LogP) is 0.0814. The Morgan fingerprint density at radius 2 is 0.869 bits per heavy atom. The van der Waals surface area contributed by atoms with Crippen molar-refractivity contribution in [1.82, 2.24) is 53.2 Å². The number of hydrogen-bond acceptors (Lipinski definition) is 14. The Bertz CT molecular complexity index is 2340. The van der Waals surface area contributed by atoms with E-state index in [1.807, 2.05) is 27.7 Å². The highest BCUT2D eigenvalue weighted by molar-refractivity contribution is 5.95. The fraction of sp³-hybridized carbons (Fsp3) is 0.633. The molecule has 12 atom stereocenters. The summed E-state index contributed by atoms with van der Waals surface area (Å²) in [6.45, 7) is 11.0. The Balaban J connectivity index is 1.55. The number of unbranched alkanes of at least 4 members (excludes halogenated alkanes) is 2. The van der Waals surface area contributed by atoms with Crippen molar-refractivity contribution < 1.29 is 57.4 Å². The van der Waals surface area contributed by atoms with E-state index in [0.717, 1.165) is 0 Å². The van der Waals surface area contributed by atoms with E-state index in [1.54, 1.807) is 74.5 Å². The van der Waals surface area contributed by atoms with Crippen molar-refractivity contribution >= 4 is 59.1 Å². The molecule has 24 nitrogen and oxygen atoms in total. The van der Waals surface area contributed by atoms with Crippen LogP contribution in [0.25, 0.3) is 0 Å². The van der Waals surface area contributed by atoms with E-state index < -0.39 is 120 Å². The maximum absolute atomic E-state index is 14.6. The van der Waals surface area contributed by atoms with E-state index in [1.165, 1.54) is 0 Å². The second-order valence-corrected chi connectivity index (χ2v) is 22.9. The molecule has 2 aromatic rings. The second-order valence-electron chi connectivity index (χ2n) is 22.9. The third-order valence-electron chi connectivity index (χ3n) is 15.1. The molecule has 0 spiro atoms. The molecule has 5 rings (SSSR count). The maximum Gasteiger partial charge on any atom is 0.249 e. The molecule has 10 amide bonds. The summed E-state index contributed by atoms with van der Waals surface area (Å²) in [5.41, 5.74) is 12.9. The van der Waals surface area contributed by atoms with Gasteiger partial charge in [0.25, 0.3) is 0 Å². The van der Waals surface area contributed by atoms with Crippen LogP contribution < -0.4 is 64.6 Å². The molecule has 0 unspecified atom stereocenters. The van der Waals surface area contributed by atoms with E-state index in [9.17, 15) is 47.9 Å². The van der Waals surface area contributed by atoms with Gasteiger partial charge in [0, 0.05) is 51.6 Å². The second kappa shape index (κ2) is 34.7. The molecule has 2 aromatic carbocycles. The van der Waals surface area contributed by atoms with Crippen molar-refractivity contribution in [3.63, 3.8) is 0 Å². The van der Waals surface area contributed by atoms with Gasteiger partial charge in [-0.1, -0.05) is 102 Å². The van der Waals surface area contributed by atoms with E-state index in [4.69, 9.17) is 20.9 Å². The van der Waals surface area contributed by atoms with Crippen LogP contribution in [0, 0.1) is 11.8 Å². The molecule has 24 heteroatoms. The first-order chi connectivity index (χ1) is 40.2. The van der Waals surface area contributed by atoms with Gasteiger partial charge in [-0.2, -0.15) is 0 Å². The molecule has 3 fully saturated rings. The van der Waals surface area contributed by atoms with Crippen molar-refractivity contribution in [2.45, 2.75) is 204 Å². The van der Waals surface area contributed by atoms with Gasteiger partial charge in [0.05, 0.1) is 24.3 Å². The van der Waals surface area contributed by atoms with Crippen LogP contribution in [-0.2, 0) is 70.3 Å². The molecule has 0 aliphatic carbocycles. The monoisotopic (exact) mass is 1170 g/mol. The van der Waals surface area contributed by atoms with Gasteiger partial charge in [0.1, 0.15) is 48.5 Å². The fourth-order valence-corrected chi connectivity index (χ4v) is 10.4. The smallest absolute Gasteiger partial charge is 0.249 e. The number of rotatable bonds is 24. The SMILES string of the molecule is CCC(=O)N[C@@H](CCCCN)C(=O)N[C@H]1C[C@@H]2O[C@@H]1CNC(=O)[C@H](CC(C)C)NC(=O)[C@H](Cc1ccccc1)NC(=O)[C@@H]1C[C@H](NC(=O)[C@H](CCCCN)NC(=O)CC)[C@@H](CNC(=O)[C@H](CC(C)C)NC(=O)[C@H](Cc3ccccc3)NC2=O)O1. The molecule has 3 aliphatic heterocycles. The quantitative estimate of drug-likeness (QED) is 0.0620. The van der Waals surface area contributed by atoms with E-state index >= 15 is 0 Å². The van der Waals surface area contributed by atoms with Gasteiger partial charge in [-0.15, -0.1) is 0 Å². The molecule has 0 saturated carbocycles. The summed E-state index contributed by atoms with van der Waals surface area (Å²) in [5, 5.41) is 28.6. The molecule has 14 N–H and O–H groups in total. The number of carbonyl (C=O) groups is 10. The Morgan fingerprint density at radius 1 is 0.512 bits per heavy atom. The van der Waals surface area contributed by atoms with E-state index in [0.29, 0.717) is 49.9 Å². The summed E-state index contributed by atoms with van der Waals surface area (Å²) in [6.07, 6.45) is -1.59. The zero-order valence-electron chi connectivity index (χ0n) is 49.6. The molecule has 0 aromatic heterocycles. The largest absolute Gasteiger partial charge is 0.361 e. The lowest BCUT2D eigenvalue weighted by molar-refractivity contribution is -0.138. The van der Waals surface area contributed by atoms with Gasteiger partial charge in [-0.25, -0.2) is 0 Å². The number of hydrogen-bond donors (Lipinski definition) is 12. The lowest BCUT2D eigenvalue weighted by Gasteiger charge is -2.27. The number of nitrogens with two attached hydrogens (primary N) is 2. The van der Waals surface area contributed by atoms with Crippen LogP contribution in [0.2, 0.25) is 0 Å². The molecular formula is C60H92N12O12. The first-order valence-corrected chi connectivity index (χ1v) is 30.0. The van der Waals surface area contributed by atoms with Crippen LogP contribution in [-0.4, -0.2) is 158 Å². The number of amides is 10. The average Bonchev–Trinajstić information content (AvgIpc) is 3.89. The topological polar surface area (TPSA) is 361 Å². The Hall–Kier alpha value is -7.02. The molecule has 464 valence electrons. The van der Waals surface area contributed by atoms with Gasteiger partial charge in [0.2, 0.25) is 59.1 Å². The highest BCUT2D eigenvalue weighted by Gasteiger charge is 2.45. The first-order valence-electron chi connectivity index (χ1n) is 30.0. The zero-order chi connectivity index (χ0) is 61.3.